The summed E-state index contributed by atoms with van der Waals surface area (Å²) in [5.74, 6) is 0.0709. The van der Waals surface area contributed by atoms with E-state index >= 15 is 0 Å². The van der Waals surface area contributed by atoms with E-state index in [-0.39, 0.29) is 5.91 Å². The topological polar surface area (TPSA) is 54.9 Å². The Bertz CT molecular complexity index is 505. The van der Waals surface area contributed by atoms with Crippen LogP contribution in [0.2, 0.25) is 0 Å². The second kappa shape index (κ2) is 6.73. The molecule has 3 heterocycles. The molecule has 0 N–H and O–H groups in total. The second-order valence-electron chi connectivity index (χ2n) is 6.02. The van der Waals surface area contributed by atoms with Crippen molar-refractivity contribution in [2.24, 2.45) is 0 Å². The van der Waals surface area contributed by atoms with Gasteiger partial charge in [-0.15, -0.1) is 0 Å². The number of carbonyl (C=O) groups excluding carboxylic acids is 1. The van der Waals surface area contributed by atoms with Crippen LogP contribution in [0.1, 0.15) is 12.6 Å². The molecule has 1 aromatic heterocycles. The van der Waals surface area contributed by atoms with E-state index in [0.717, 1.165) is 18.8 Å². The fourth-order valence-corrected chi connectivity index (χ4v) is 3.04. The van der Waals surface area contributed by atoms with Gasteiger partial charge in [-0.3, -0.25) is 14.7 Å². The Kier molecular flexibility index (Phi) is 4.71. The lowest BCUT2D eigenvalue weighted by atomic mass is 10.0. The van der Waals surface area contributed by atoms with Gasteiger partial charge in [0.25, 0.3) is 5.91 Å². The maximum absolute atomic E-state index is 12.8. The summed E-state index contributed by atoms with van der Waals surface area (Å²) >= 11 is 0. The molecule has 2 fully saturated rings. The van der Waals surface area contributed by atoms with Crippen LogP contribution in [0.25, 0.3) is 0 Å². The molecular formula is C16H23N3O3. The molecule has 2 saturated heterocycles. The smallest absolute Gasteiger partial charge is 0.256 e. The molecule has 1 atom stereocenters. The van der Waals surface area contributed by atoms with Crippen molar-refractivity contribution in [3.8, 4) is 0 Å². The van der Waals surface area contributed by atoms with Crippen molar-refractivity contribution in [1.82, 2.24) is 14.8 Å². The van der Waals surface area contributed by atoms with E-state index in [1.165, 1.54) is 0 Å². The maximum Gasteiger partial charge on any atom is 0.256 e. The summed E-state index contributed by atoms with van der Waals surface area (Å²) in [7, 11) is 0. The van der Waals surface area contributed by atoms with E-state index in [0.29, 0.717) is 39.5 Å². The molecule has 120 valence electrons. The van der Waals surface area contributed by atoms with Crippen molar-refractivity contribution in [3.63, 3.8) is 0 Å². The third kappa shape index (κ3) is 3.45. The van der Waals surface area contributed by atoms with Crippen LogP contribution in [0, 0.1) is 0 Å². The molecule has 2 aliphatic heterocycles. The lowest BCUT2D eigenvalue weighted by Crippen LogP contribution is -2.60. The molecule has 0 aromatic carbocycles. The molecule has 0 unspecified atom stereocenters. The van der Waals surface area contributed by atoms with E-state index < -0.39 is 5.60 Å². The molecule has 22 heavy (non-hydrogen) atoms. The van der Waals surface area contributed by atoms with E-state index in [2.05, 4.69) is 9.88 Å². The summed E-state index contributed by atoms with van der Waals surface area (Å²) < 4.78 is 11.2. The largest absolute Gasteiger partial charge is 0.378 e. The number of hydrogen-bond acceptors (Lipinski definition) is 5. The number of morpholine rings is 2. The normalized spacial score (nSPS) is 26.9. The van der Waals surface area contributed by atoms with Crippen LogP contribution in [-0.4, -0.2) is 72.3 Å². The molecule has 0 bridgehead atoms. The number of pyridine rings is 1. The quantitative estimate of drug-likeness (QED) is 0.815. The minimum absolute atomic E-state index is 0.0709. The Morgan fingerprint density at radius 2 is 2.09 bits per heavy atom. The van der Waals surface area contributed by atoms with Crippen LogP contribution < -0.4 is 0 Å². The third-order valence-electron chi connectivity index (χ3n) is 4.22. The molecule has 0 spiro atoms. The summed E-state index contributed by atoms with van der Waals surface area (Å²) in [5.41, 5.74) is 0.246. The Morgan fingerprint density at radius 3 is 2.82 bits per heavy atom. The van der Waals surface area contributed by atoms with Gasteiger partial charge >= 0.3 is 0 Å². The van der Waals surface area contributed by atoms with E-state index in [4.69, 9.17) is 9.47 Å². The van der Waals surface area contributed by atoms with Gasteiger partial charge in [0.15, 0.2) is 5.60 Å². The van der Waals surface area contributed by atoms with E-state index in [9.17, 15) is 4.79 Å². The SMILES string of the molecule is C[C@]1(C(=O)N2CCOCC2)CN(Cc2ccccn2)CCO1. The highest BCUT2D eigenvalue weighted by Crippen LogP contribution is 2.22. The number of rotatable bonds is 3. The highest BCUT2D eigenvalue weighted by atomic mass is 16.5. The van der Waals surface area contributed by atoms with Crippen LogP contribution in [-0.2, 0) is 20.8 Å². The first kappa shape index (κ1) is 15.4. The van der Waals surface area contributed by atoms with Gasteiger partial charge in [0, 0.05) is 38.9 Å². The second-order valence-corrected chi connectivity index (χ2v) is 6.02. The minimum atomic E-state index is -0.773. The predicted molar refractivity (Wildman–Crippen MR) is 81.3 cm³/mol. The molecule has 1 aromatic rings. The molecule has 6 heteroatoms. The van der Waals surface area contributed by atoms with Crippen molar-refractivity contribution in [3.05, 3.63) is 30.1 Å². The monoisotopic (exact) mass is 305 g/mol. The Morgan fingerprint density at radius 1 is 1.27 bits per heavy atom. The Labute approximate surface area is 131 Å². The summed E-state index contributed by atoms with van der Waals surface area (Å²) in [4.78, 5) is 21.2. The molecular weight excluding hydrogens is 282 g/mol. The van der Waals surface area contributed by atoms with Crippen molar-refractivity contribution in [1.29, 1.82) is 0 Å². The van der Waals surface area contributed by atoms with Crippen molar-refractivity contribution >= 4 is 5.91 Å². The summed E-state index contributed by atoms with van der Waals surface area (Å²) in [6.45, 7) is 7.16. The van der Waals surface area contributed by atoms with Gasteiger partial charge in [-0.2, -0.15) is 0 Å². The molecule has 2 aliphatic rings. The van der Waals surface area contributed by atoms with Gasteiger partial charge in [0.05, 0.1) is 25.5 Å². The van der Waals surface area contributed by atoms with Gasteiger partial charge in [-0.25, -0.2) is 0 Å². The van der Waals surface area contributed by atoms with Gasteiger partial charge in [0.1, 0.15) is 0 Å². The fraction of sp³-hybridized carbons (Fsp3) is 0.625. The van der Waals surface area contributed by atoms with Gasteiger partial charge in [0.2, 0.25) is 0 Å². The van der Waals surface area contributed by atoms with Gasteiger partial charge in [-0.1, -0.05) is 6.07 Å². The van der Waals surface area contributed by atoms with Crippen LogP contribution >= 0.6 is 0 Å². The summed E-state index contributed by atoms with van der Waals surface area (Å²) in [6.07, 6.45) is 1.80. The average Bonchev–Trinajstić information content (AvgIpc) is 2.56. The average molecular weight is 305 g/mol. The van der Waals surface area contributed by atoms with E-state index in [1.54, 1.807) is 6.20 Å². The fourth-order valence-electron chi connectivity index (χ4n) is 3.04. The zero-order valence-corrected chi connectivity index (χ0v) is 13.0. The minimum Gasteiger partial charge on any atom is -0.378 e. The number of carbonyl (C=O) groups is 1. The van der Waals surface area contributed by atoms with Gasteiger partial charge < -0.3 is 14.4 Å². The Hall–Kier alpha value is -1.50. The van der Waals surface area contributed by atoms with Crippen LogP contribution in [0.5, 0.6) is 0 Å². The number of hydrogen-bond donors (Lipinski definition) is 0. The molecule has 6 nitrogen and oxygen atoms in total. The molecule has 0 saturated carbocycles. The standard InChI is InChI=1S/C16H23N3O3/c1-16(15(20)19-7-9-21-10-8-19)13-18(6-11-22-16)12-14-4-2-3-5-17-14/h2-5H,6-13H2,1H3/t16-/m1/s1. The molecule has 0 radical (unpaired) electrons. The highest BCUT2D eigenvalue weighted by molar-refractivity contribution is 5.85. The van der Waals surface area contributed by atoms with E-state index in [1.807, 2.05) is 30.0 Å². The lowest BCUT2D eigenvalue weighted by molar-refractivity contribution is -0.171. The van der Waals surface area contributed by atoms with Crippen molar-refractivity contribution in [2.45, 2.75) is 19.1 Å². The predicted octanol–water partition coefficient (Wildman–Crippen LogP) is 0.531. The van der Waals surface area contributed by atoms with Crippen LogP contribution in [0.3, 0.4) is 0 Å². The molecule has 0 aliphatic carbocycles. The zero-order chi connectivity index (χ0) is 15.4. The summed E-state index contributed by atoms with van der Waals surface area (Å²) in [5, 5.41) is 0. The first-order chi connectivity index (χ1) is 10.7. The zero-order valence-electron chi connectivity index (χ0n) is 13.0. The highest BCUT2D eigenvalue weighted by Gasteiger charge is 2.42. The van der Waals surface area contributed by atoms with Crippen LogP contribution in [0.4, 0.5) is 0 Å². The number of amides is 1. The lowest BCUT2D eigenvalue weighted by Gasteiger charge is -2.42. The van der Waals surface area contributed by atoms with Crippen molar-refractivity contribution in [2.75, 3.05) is 46.0 Å². The summed E-state index contributed by atoms with van der Waals surface area (Å²) in [6, 6.07) is 5.91. The number of aromatic nitrogens is 1. The molecule has 3 rings (SSSR count). The Balaban J connectivity index is 1.64. The molecule has 1 amide bonds. The number of ether oxygens (including phenoxy) is 2. The first-order valence-electron chi connectivity index (χ1n) is 7.81. The van der Waals surface area contributed by atoms with Crippen molar-refractivity contribution < 1.29 is 14.3 Å². The maximum atomic E-state index is 12.8. The van der Waals surface area contributed by atoms with Gasteiger partial charge in [-0.05, 0) is 19.1 Å². The van der Waals surface area contributed by atoms with Crippen LogP contribution in [0.15, 0.2) is 24.4 Å². The first-order valence-corrected chi connectivity index (χ1v) is 7.81. The third-order valence-corrected chi connectivity index (χ3v) is 4.22. The number of nitrogens with zero attached hydrogens (tertiary/aromatic N) is 3.